The van der Waals surface area contributed by atoms with E-state index in [9.17, 15) is 9.18 Å². The molecule has 0 radical (unpaired) electrons. The van der Waals surface area contributed by atoms with Gasteiger partial charge < -0.3 is 10.1 Å². The van der Waals surface area contributed by atoms with Gasteiger partial charge in [0.15, 0.2) is 0 Å². The molecule has 2 N–H and O–H groups in total. The number of hydrogen-bond donors (Lipinski definition) is 2. The van der Waals surface area contributed by atoms with E-state index in [1.54, 1.807) is 0 Å². The summed E-state index contributed by atoms with van der Waals surface area (Å²) in [5, 5.41) is 13.5. The number of hydrogen-bond acceptors (Lipinski definition) is 4. The number of rotatable bonds is 5. The summed E-state index contributed by atoms with van der Waals surface area (Å²) in [7, 11) is 0. The van der Waals surface area contributed by atoms with Gasteiger partial charge in [-0.25, -0.2) is 9.18 Å². The van der Waals surface area contributed by atoms with Gasteiger partial charge in [-0.2, -0.15) is 5.26 Å². The second kappa shape index (κ2) is 7.64. The summed E-state index contributed by atoms with van der Waals surface area (Å²) in [4.78, 5) is 11.6. The van der Waals surface area contributed by atoms with Crippen molar-refractivity contribution in [3.63, 3.8) is 0 Å². The quantitative estimate of drug-likeness (QED) is 0.829. The van der Waals surface area contributed by atoms with Gasteiger partial charge in [0, 0.05) is 5.69 Å². The third-order valence-electron chi connectivity index (χ3n) is 2.79. The maximum absolute atomic E-state index is 13.7. The van der Waals surface area contributed by atoms with Crippen LogP contribution in [0, 0.1) is 17.1 Å². The minimum Gasteiger partial charge on any atom is -0.444 e. The molecule has 22 heavy (non-hydrogen) atoms. The van der Waals surface area contributed by atoms with E-state index in [0.717, 1.165) is 11.6 Å². The molecule has 0 bridgehead atoms. The molecule has 0 saturated heterocycles. The van der Waals surface area contributed by atoms with Crippen molar-refractivity contribution >= 4 is 17.5 Å². The second-order valence-electron chi connectivity index (χ2n) is 4.39. The topological polar surface area (TPSA) is 74.2 Å². The molecular weight excluding hydrogens is 285 g/mol. The van der Waals surface area contributed by atoms with Crippen LogP contribution in [0.5, 0.6) is 0 Å². The number of nitriles is 1. The third-order valence-corrected chi connectivity index (χ3v) is 2.79. The van der Waals surface area contributed by atoms with Crippen LogP contribution >= 0.6 is 0 Å². The number of ether oxygens (including phenoxy) is 1. The smallest absolute Gasteiger partial charge is 0.411 e. The summed E-state index contributed by atoms with van der Waals surface area (Å²) >= 11 is 0. The van der Waals surface area contributed by atoms with Crippen molar-refractivity contribution in [2.45, 2.75) is 6.61 Å². The molecule has 112 valence electrons. The van der Waals surface area contributed by atoms with E-state index in [1.165, 1.54) is 12.1 Å². The first-order valence-corrected chi connectivity index (χ1v) is 6.57. The maximum atomic E-state index is 13.7. The van der Waals surface area contributed by atoms with E-state index in [0.29, 0.717) is 0 Å². The van der Waals surface area contributed by atoms with Gasteiger partial charge in [-0.05, 0) is 23.8 Å². The maximum Gasteiger partial charge on any atom is 0.411 e. The fourth-order valence-corrected chi connectivity index (χ4v) is 1.75. The number of anilines is 2. The molecule has 0 spiro atoms. The Bertz CT molecular complexity index is 684. The zero-order chi connectivity index (χ0) is 15.8. The van der Waals surface area contributed by atoms with Gasteiger partial charge in [0.25, 0.3) is 0 Å². The number of amides is 1. The summed E-state index contributed by atoms with van der Waals surface area (Å²) in [6.45, 7) is 0.139. The highest BCUT2D eigenvalue weighted by atomic mass is 19.1. The number of carbonyl (C=O) groups excluding carboxylic acids is 1. The molecule has 0 saturated carbocycles. The van der Waals surface area contributed by atoms with Crippen LogP contribution in [0.25, 0.3) is 0 Å². The molecule has 2 rings (SSSR count). The summed E-state index contributed by atoms with van der Waals surface area (Å²) < 4.78 is 18.7. The lowest BCUT2D eigenvalue weighted by atomic mass is 10.2. The lowest BCUT2D eigenvalue weighted by Gasteiger charge is -2.09. The van der Waals surface area contributed by atoms with Crippen molar-refractivity contribution in [3.8, 4) is 6.07 Å². The Morgan fingerprint density at radius 2 is 2.00 bits per heavy atom. The third kappa shape index (κ3) is 4.49. The van der Waals surface area contributed by atoms with E-state index in [2.05, 4.69) is 10.6 Å². The molecule has 1 amide bonds. The number of nitrogens with zero attached hydrogens (tertiary/aromatic N) is 1. The predicted octanol–water partition coefficient (Wildman–Crippen LogP) is 3.51. The predicted molar refractivity (Wildman–Crippen MR) is 80.8 cm³/mol. The number of benzene rings is 2. The normalized spacial score (nSPS) is 9.64. The monoisotopic (exact) mass is 299 g/mol. The van der Waals surface area contributed by atoms with Gasteiger partial charge >= 0.3 is 6.09 Å². The molecule has 0 unspecified atom stereocenters. The lowest BCUT2D eigenvalue weighted by Crippen LogP contribution is -2.13. The molecule has 0 fully saturated rings. The molecule has 0 aliphatic heterocycles. The average Bonchev–Trinajstić information content (AvgIpc) is 2.53. The molecule has 0 atom stereocenters. The van der Waals surface area contributed by atoms with Crippen LogP contribution in [-0.4, -0.2) is 12.6 Å². The van der Waals surface area contributed by atoms with Crippen molar-refractivity contribution in [2.75, 3.05) is 17.2 Å². The Hall–Kier alpha value is -3.07. The molecule has 0 aromatic heterocycles. The zero-order valence-corrected chi connectivity index (χ0v) is 11.7. The van der Waals surface area contributed by atoms with Gasteiger partial charge in [-0.3, -0.25) is 5.32 Å². The highest BCUT2D eigenvalue weighted by molar-refractivity contribution is 5.84. The van der Waals surface area contributed by atoms with Crippen LogP contribution in [0.4, 0.5) is 20.6 Å². The Morgan fingerprint density at radius 1 is 1.23 bits per heavy atom. The first-order valence-electron chi connectivity index (χ1n) is 6.57. The largest absolute Gasteiger partial charge is 0.444 e. The second-order valence-corrected chi connectivity index (χ2v) is 4.39. The Balaban J connectivity index is 1.89. The van der Waals surface area contributed by atoms with Crippen LogP contribution in [0.15, 0.2) is 48.5 Å². The van der Waals surface area contributed by atoms with Gasteiger partial charge in [0.05, 0.1) is 11.8 Å². The van der Waals surface area contributed by atoms with E-state index in [1.807, 2.05) is 36.4 Å². The highest BCUT2D eigenvalue weighted by Crippen LogP contribution is 2.19. The first-order chi connectivity index (χ1) is 10.7. The van der Waals surface area contributed by atoms with Gasteiger partial charge in [0.2, 0.25) is 0 Å². The fraction of sp³-hybridized carbons (Fsp3) is 0.125. The Morgan fingerprint density at radius 3 is 2.68 bits per heavy atom. The summed E-state index contributed by atoms with van der Waals surface area (Å²) in [6.07, 6.45) is -0.666. The molecule has 6 heteroatoms. The molecule has 2 aromatic carbocycles. The number of carbonyl (C=O) groups is 1. The summed E-state index contributed by atoms with van der Waals surface area (Å²) in [5.41, 5.74) is 1.34. The van der Waals surface area contributed by atoms with Gasteiger partial charge in [-0.1, -0.05) is 30.3 Å². The standard InChI is InChI=1S/C16H14FN3O2/c17-14-10-13(6-7-15(14)19-9-8-18)20-16(21)22-11-12-4-2-1-3-5-12/h1-7,10,19H,9,11H2,(H,20,21). The van der Waals surface area contributed by atoms with Gasteiger partial charge in [-0.15, -0.1) is 0 Å². The van der Waals surface area contributed by atoms with Crippen molar-refractivity contribution in [3.05, 3.63) is 59.9 Å². The molecule has 0 aliphatic rings. The SMILES string of the molecule is N#CCNc1ccc(NC(=O)OCc2ccccc2)cc1F. The number of halogens is 1. The van der Waals surface area contributed by atoms with E-state index < -0.39 is 11.9 Å². The van der Waals surface area contributed by atoms with Crippen LogP contribution in [0.1, 0.15) is 5.56 Å². The highest BCUT2D eigenvalue weighted by Gasteiger charge is 2.07. The fourth-order valence-electron chi connectivity index (χ4n) is 1.75. The minimum absolute atomic E-state index is 0.00279. The molecule has 0 heterocycles. The van der Waals surface area contributed by atoms with Crippen LogP contribution < -0.4 is 10.6 Å². The summed E-state index contributed by atoms with van der Waals surface area (Å²) in [6, 6.07) is 15.2. The minimum atomic E-state index is -0.666. The van der Waals surface area contributed by atoms with Crippen molar-refractivity contribution in [1.29, 1.82) is 5.26 Å². The Kier molecular flexibility index (Phi) is 5.32. The average molecular weight is 299 g/mol. The van der Waals surface area contributed by atoms with Crippen molar-refractivity contribution in [2.24, 2.45) is 0 Å². The van der Waals surface area contributed by atoms with Crippen LogP contribution in [0.2, 0.25) is 0 Å². The van der Waals surface area contributed by atoms with E-state index in [-0.39, 0.29) is 24.5 Å². The number of nitrogens with one attached hydrogen (secondary N) is 2. The molecular formula is C16H14FN3O2. The molecule has 5 nitrogen and oxygen atoms in total. The van der Waals surface area contributed by atoms with Crippen LogP contribution in [0.3, 0.4) is 0 Å². The first kappa shape index (κ1) is 15.3. The molecule has 2 aromatic rings. The summed E-state index contributed by atoms with van der Waals surface area (Å²) in [5.74, 6) is -0.559. The van der Waals surface area contributed by atoms with E-state index >= 15 is 0 Å². The lowest BCUT2D eigenvalue weighted by molar-refractivity contribution is 0.155. The Labute approximate surface area is 127 Å². The van der Waals surface area contributed by atoms with Crippen molar-refractivity contribution < 1.29 is 13.9 Å². The van der Waals surface area contributed by atoms with Gasteiger partial charge in [0.1, 0.15) is 19.0 Å². The van der Waals surface area contributed by atoms with Crippen molar-refractivity contribution in [1.82, 2.24) is 0 Å². The molecule has 0 aliphatic carbocycles. The zero-order valence-electron chi connectivity index (χ0n) is 11.7. The van der Waals surface area contributed by atoms with Crippen LogP contribution in [-0.2, 0) is 11.3 Å². The van der Waals surface area contributed by atoms with E-state index in [4.69, 9.17) is 10.00 Å².